The van der Waals surface area contributed by atoms with Gasteiger partial charge in [0.05, 0.1) is 13.2 Å². The molecule has 0 amide bonds. The van der Waals surface area contributed by atoms with E-state index >= 15 is 0 Å². The zero-order valence-electron chi connectivity index (χ0n) is 16.5. The van der Waals surface area contributed by atoms with Gasteiger partial charge in [-0.3, -0.25) is 0 Å². The summed E-state index contributed by atoms with van der Waals surface area (Å²) in [7, 11) is 1.31. The first kappa shape index (κ1) is 20.6. The zero-order chi connectivity index (χ0) is 19.9. The lowest BCUT2D eigenvalue weighted by atomic mass is 9.94. The van der Waals surface area contributed by atoms with Crippen molar-refractivity contribution >= 4 is 0 Å². The number of hydrogen-bond donors (Lipinski definition) is 0. The Balaban J connectivity index is 1.54. The van der Waals surface area contributed by atoms with Gasteiger partial charge in [0, 0.05) is 12.2 Å². The molecule has 2 atom stereocenters. The van der Waals surface area contributed by atoms with Crippen molar-refractivity contribution in [1.82, 2.24) is 0 Å². The van der Waals surface area contributed by atoms with Gasteiger partial charge < -0.3 is 14.2 Å². The predicted molar refractivity (Wildman–Crippen MR) is 106 cm³/mol. The Morgan fingerprint density at radius 3 is 2.46 bits per heavy atom. The van der Waals surface area contributed by atoms with E-state index in [1.54, 1.807) is 24.3 Å². The van der Waals surface area contributed by atoms with E-state index in [1.165, 1.54) is 44.9 Å². The summed E-state index contributed by atoms with van der Waals surface area (Å²) >= 11 is 0. The average Bonchev–Trinajstić information content (AvgIpc) is 2.74. The van der Waals surface area contributed by atoms with Crippen LogP contribution in [0.1, 0.15) is 39.0 Å². The molecule has 2 unspecified atom stereocenters. The largest absolute Gasteiger partial charge is 0.494 e. The van der Waals surface area contributed by atoms with Gasteiger partial charge in [-0.25, -0.2) is 4.39 Å². The highest BCUT2D eigenvalue weighted by Crippen LogP contribution is 2.31. The van der Waals surface area contributed by atoms with Crippen molar-refractivity contribution in [1.29, 1.82) is 0 Å². The van der Waals surface area contributed by atoms with Crippen molar-refractivity contribution in [3.8, 4) is 22.6 Å². The molecule has 1 heterocycles. The first-order chi connectivity index (χ1) is 13.6. The highest BCUT2D eigenvalue weighted by atomic mass is 19.2. The lowest BCUT2D eigenvalue weighted by Crippen LogP contribution is -2.30. The van der Waals surface area contributed by atoms with Crippen LogP contribution >= 0.6 is 0 Å². The van der Waals surface area contributed by atoms with Crippen LogP contribution in [-0.4, -0.2) is 26.4 Å². The summed E-state index contributed by atoms with van der Waals surface area (Å²) in [6.07, 6.45) is 6.06. The minimum absolute atomic E-state index is 0.106. The summed E-state index contributed by atoms with van der Waals surface area (Å²) in [5.74, 6) is -0.635. The fourth-order valence-corrected chi connectivity index (χ4v) is 3.54. The Hall–Kier alpha value is -2.14. The van der Waals surface area contributed by atoms with Gasteiger partial charge in [-0.2, -0.15) is 4.39 Å². The van der Waals surface area contributed by atoms with Crippen LogP contribution in [0.15, 0.2) is 36.4 Å². The summed E-state index contributed by atoms with van der Waals surface area (Å²) in [6, 6.07) is 9.92. The molecule has 3 rings (SSSR count). The molecule has 28 heavy (non-hydrogen) atoms. The molecule has 2 aromatic rings. The molecule has 1 saturated heterocycles. The second kappa shape index (κ2) is 9.87. The van der Waals surface area contributed by atoms with Crippen LogP contribution in [-0.2, 0) is 4.74 Å². The fraction of sp³-hybridized carbons (Fsp3) is 0.478. The Kier molecular flexibility index (Phi) is 7.26. The number of hydrogen-bond acceptors (Lipinski definition) is 3. The van der Waals surface area contributed by atoms with E-state index in [2.05, 4.69) is 6.92 Å². The summed E-state index contributed by atoms with van der Waals surface area (Å²) in [5.41, 5.74) is 0.776. The normalized spacial score (nSPS) is 19.4. The Labute approximate surface area is 165 Å². The minimum atomic E-state index is -0.980. The highest BCUT2D eigenvalue weighted by Gasteiger charge is 2.22. The van der Waals surface area contributed by atoms with Crippen LogP contribution in [0.5, 0.6) is 11.5 Å². The monoisotopic (exact) mass is 390 g/mol. The molecule has 1 fully saturated rings. The Morgan fingerprint density at radius 1 is 1.04 bits per heavy atom. The lowest BCUT2D eigenvalue weighted by molar-refractivity contribution is -0.0393. The zero-order valence-corrected chi connectivity index (χ0v) is 16.5. The van der Waals surface area contributed by atoms with E-state index in [0.29, 0.717) is 23.8 Å². The third-order valence-electron chi connectivity index (χ3n) is 5.30. The molecule has 0 aromatic heterocycles. The Morgan fingerprint density at radius 2 is 1.82 bits per heavy atom. The smallest absolute Gasteiger partial charge is 0.201 e. The molecule has 0 spiro atoms. The molecule has 0 N–H and O–H groups in total. The van der Waals surface area contributed by atoms with Crippen LogP contribution in [0.4, 0.5) is 8.78 Å². The van der Waals surface area contributed by atoms with E-state index in [-0.39, 0.29) is 17.4 Å². The van der Waals surface area contributed by atoms with Crippen molar-refractivity contribution in [2.45, 2.75) is 45.1 Å². The van der Waals surface area contributed by atoms with Gasteiger partial charge in [0.15, 0.2) is 11.6 Å². The molecular formula is C23H28F2O3. The lowest BCUT2D eigenvalue weighted by Gasteiger charge is -2.29. The molecule has 1 aliphatic heterocycles. The number of ether oxygens (including phenoxy) is 3. The van der Waals surface area contributed by atoms with Crippen LogP contribution in [0.3, 0.4) is 0 Å². The quantitative estimate of drug-likeness (QED) is 0.553. The van der Waals surface area contributed by atoms with E-state index < -0.39 is 11.6 Å². The van der Waals surface area contributed by atoms with Crippen LogP contribution in [0.25, 0.3) is 11.1 Å². The van der Waals surface area contributed by atoms with Crippen LogP contribution in [0, 0.1) is 17.6 Å². The van der Waals surface area contributed by atoms with E-state index in [9.17, 15) is 8.78 Å². The number of halogens is 2. The van der Waals surface area contributed by atoms with Crippen molar-refractivity contribution in [3.63, 3.8) is 0 Å². The summed E-state index contributed by atoms with van der Waals surface area (Å²) < 4.78 is 44.7. The number of unbranched alkanes of at least 4 members (excludes halogenated alkanes) is 1. The van der Waals surface area contributed by atoms with Gasteiger partial charge in [-0.05, 0) is 55.0 Å². The second-order valence-electron chi connectivity index (χ2n) is 7.32. The predicted octanol–water partition coefficient (Wildman–Crippen LogP) is 6.00. The van der Waals surface area contributed by atoms with Crippen molar-refractivity contribution in [2.24, 2.45) is 5.92 Å². The maximum absolute atomic E-state index is 14.2. The standard InChI is InChI=1S/C23H28F2O3/c1-3-4-5-16-6-9-19(27-14-16)15-28-18-10-7-17(8-11-18)20-12-13-21(26-2)23(25)22(20)24/h7-8,10-13,16,19H,3-6,9,14-15H2,1-2H3. The minimum Gasteiger partial charge on any atom is -0.494 e. The van der Waals surface area contributed by atoms with E-state index in [0.717, 1.165) is 13.0 Å². The van der Waals surface area contributed by atoms with Crippen LogP contribution in [0.2, 0.25) is 0 Å². The molecule has 0 radical (unpaired) electrons. The number of methoxy groups -OCH3 is 1. The topological polar surface area (TPSA) is 27.7 Å². The maximum atomic E-state index is 14.2. The van der Waals surface area contributed by atoms with E-state index in [1.807, 2.05) is 0 Å². The van der Waals surface area contributed by atoms with Gasteiger partial charge in [0.1, 0.15) is 12.4 Å². The first-order valence-electron chi connectivity index (χ1n) is 9.99. The molecule has 0 saturated carbocycles. The van der Waals surface area contributed by atoms with Gasteiger partial charge in [-0.1, -0.05) is 31.9 Å². The van der Waals surface area contributed by atoms with E-state index in [4.69, 9.17) is 14.2 Å². The van der Waals surface area contributed by atoms with Crippen LogP contribution < -0.4 is 9.47 Å². The molecule has 0 bridgehead atoms. The van der Waals surface area contributed by atoms with Gasteiger partial charge in [0.25, 0.3) is 0 Å². The third kappa shape index (κ3) is 5.02. The van der Waals surface area contributed by atoms with Crippen molar-refractivity contribution in [2.75, 3.05) is 20.3 Å². The molecule has 5 heteroatoms. The Bertz CT molecular complexity index is 753. The third-order valence-corrected chi connectivity index (χ3v) is 5.30. The number of benzene rings is 2. The van der Waals surface area contributed by atoms with Crippen molar-refractivity contribution in [3.05, 3.63) is 48.0 Å². The van der Waals surface area contributed by atoms with Crippen molar-refractivity contribution < 1.29 is 23.0 Å². The summed E-state index contributed by atoms with van der Waals surface area (Å²) in [6.45, 7) is 3.53. The first-order valence-corrected chi connectivity index (χ1v) is 9.99. The van der Waals surface area contributed by atoms with Gasteiger partial charge in [0.2, 0.25) is 5.82 Å². The number of rotatable bonds is 8. The second-order valence-corrected chi connectivity index (χ2v) is 7.32. The SMILES string of the molecule is CCCCC1CCC(COc2ccc(-c3ccc(OC)c(F)c3F)cc2)OC1. The molecule has 0 aliphatic carbocycles. The van der Waals surface area contributed by atoms with Gasteiger partial charge in [-0.15, -0.1) is 0 Å². The molecule has 1 aliphatic rings. The maximum Gasteiger partial charge on any atom is 0.201 e. The van der Waals surface area contributed by atoms with Gasteiger partial charge >= 0.3 is 0 Å². The summed E-state index contributed by atoms with van der Waals surface area (Å²) in [5, 5.41) is 0. The molecule has 3 nitrogen and oxygen atoms in total. The fourth-order valence-electron chi connectivity index (χ4n) is 3.54. The summed E-state index contributed by atoms with van der Waals surface area (Å²) in [4.78, 5) is 0. The molecular weight excluding hydrogens is 362 g/mol. The molecule has 152 valence electrons. The molecule has 2 aromatic carbocycles. The highest BCUT2D eigenvalue weighted by molar-refractivity contribution is 5.66. The average molecular weight is 390 g/mol.